The second kappa shape index (κ2) is 6.80. The molecule has 2 aromatic heterocycles. The molecule has 0 amide bonds. The Morgan fingerprint density at radius 2 is 2.05 bits per heavy atom. The van der Waals surface area contributed by atoms with Crippen LogP contribution in [-0.4, -0.2) is 26.3 Å². The molecular weight excluding hydrogens is 262 g/mol. The van der Waals surface area contributed by atoms with Crippen LogP contribution in [0.3, 0.4) is 0 Å². The number of fused-ring (bicyclic) bond motifs is 1. The van der Waals surface area contributed by atoms with Gasteiger partial charge < -0.3 is 9.88 Å². The lowest BCUT2D eigenvalue weighted by Crippen LogP contribution is -2.35. The monoisotopic (exact) mass is 285 g/mol. The van der Waals surface area contributed by atoms with Gasteiger partial charge in [-0.15, -0.1) is 10.2 Å². The van der Waals surface area contributed by atoms with Gasteiger partial charge in [-0.2, -0.15) is 0 Å². The fourth-order valence-electron chi connectivity index (χ4n) is 2.94. The number of pyridine rings is 1. The van der Waals surface area contributed by atoms with E-state index in [1.54, 1.807) is 0 Å². The van der Waals surface area contributed by atoms with E-state index in [9.17, 15) is 0 Å². The van der Waals surface area contributed by atoms with Gasteiger partial charge in [-0.1, -0.05) is 26.2 Å². The highest BCUT2D eigenvalue weighted by molar-refractivity contribution is 5.24. The van der Waals surface area contributed by atoms with Crippen molar-refractivity contribution < 1.29 is 0 Å². The van der Waals surface area contributed by atoms with Crippen LogP contribution >= 0.6 is 0 Å². The van der Waals surface area contributed by atoms with Crippen molar-refractivity contribution in [3.05, 3.63) is 41.7 Å². The molecule has 1 atom stereocenters. The zero-order valence-electron chi connectivity index (χ0n) is 12.6. The minimum absolute atomic E-state index is 0.138. The molecule has 3 rings (SSSR count). The van der Waals surface area contributed by atoms with E-state index in [2.05, 4.69) is 32.0 Å². The van der Waals surface area contributed by atoms with E-state index in [1.807, 2.05) is 24.5 Å². The van der Waals surface area contributed by atoms with E-state index in [-0.39, 0.29) is 6.04 Å². The van der Waals surface area contributed by atoms with Crippen LogP contribution in [-0.2, 0) is 13.0 Å². The normalized spacial score (nSPS) is 17.7. The molecule has 0 aliphatic carbocycles. The van der Waals surface area contributed by atoms with Crippen molar-refractivity contribution in [3.8, 4) is 0 Å². The van der Waals surface area contributed by atoms with Crippen LogP contribution in [0.25, 0.3) is 0 Å². The van der Waals surface area contributed by atoms with Gasteiger partial charge in [0.15, 0.2) is 5.82 Å². The summed E-state index contributed by atoms with van der Waals surface area (Å²) in [6, 6.07) is 4.23. The van der Waals surface area contributed by atoms with Crippen molar-refractivity contribution in [2.75, 3.05) is 6.54 Å². The molecule has 1 aliphatic rings. The van der Waals surface area contributed by atoms with E-state index >= 15 is 0 Å². The van der Waals surface area contributed by atoms with Crippen LogP contribution < -0.4 is 5.32 Å². The highest BCUT2D eigenvalue weighted by Crippen LogP contribution is 2.24. The smallest absolute Gasteiger partial charge is 0.154 e. The zero-order valence-corrected chi connectivity index (χ0v) is 12.6. The number of rotatable bonds is 6. The molecule has 0 fully saturated rings. The molecular formula is C16H23N5. The predicted molar refractivity (Wildman–Crippen MR) is 82.0 cm³/mol. The molecule has 0 saturated carbocycles. The van der Waals surface area contributed by atoms with Crippen LogP contribution in [0.1, 0.15) is 55.9 Å². The molecule has 1 aliphatic heterocycles. The Kier molecular flexibility index (Phi) is 4.60. The van der Waals surface area contributed by atoms with Crippen LogP contribution in [0.2, 0.25) is 0 Å². The summed E-state index contributed by atoms with van der Waals surface area (Å²) in [6.45, 7) is 4.16. The summed E-state index contributed by atoms with van der Waals surface area (Å²) >= 11 is 0. The fraction of sp³-hybridized carbons (Fsp3) is 0.562. The van der Waals surface area contributed by atoms with Crippen LogP contribution in [0.4, 0.5) is 0 Å². The average Bonchev–Trinajstić information content (AvgIpc) is 2.96. The van der Waals surface area contributed by atoms with E-state index in [0.717, 1.165) is 31.2 Å². The lowest BCUT2D eigenvalue weighted by Gasteiger charge is -2.25. The van der Waals surface area contributed by atoms with E-state index < -0.39 is 0 Å². The van der Waals surface area contributed by atoms with Gasteiger partial charge in [-0.25, -0.2) is 0 Å². The maximum absolute atomic E-state index is 4.44. The summed E-state index contributed by atoms with van der Waals surface area (Å²) in [5.41, 5.74) is 1.20. The van der Waals surface area contributed by atoms with Gasteiger partial charge in [0, 0.05) is 31.9 Å². The maximum atomic E-state index is 4.44. The van der Waals surface area contributed by atoms with E-state index in [4.69, 9.17) is 0 Å². The molecule has 1 N–H and O–H groups in total. The standard InChI is InChI=1S/C16H23N5/c1-2-3-4-5-6-14-19-20-16-15(18-11-12-21(14)16)13-7-9-17-10-8-13/h7-10,15,18H,2-6,11-12H2,1H3. The molecule has 0 spiro atoms. The van der Waals surface area contributed by atoms with Gasteiger partial charge in [-0.3, -0.25) is 4.98 Å². The Hall–Kier alpha value is -1.75. The summed E-state index contributed by atoms with van der Waals surface area (Å²) < 4.78 is 2.30. The number of hydrogen-bond acceptors (Lipinski definition) is 4. The van der Waals surface area contributed by atoms with Crippen molar-refractivity contribution in [2.45, 2.75) is 51.6 Å². The van der Waals surface area contributed by atoms with Gasteiger partial charge in [0.2, 0.25) is 0 Å². The second-order valence-corrected chi connectivity index (χ2v) is 5.60. The lowest BCUT2D eigenvalue weighted by atomic mass is 10.1. The van der Waals surface area contributed by atoms with Crippen molar-refractivity contribution in [1.82, 2.24) is 25.1 Å². The minimum atomic E-state index is 0.138. The third kappa shape index (κ3) is 3.13. The average molecular weight is 285 g/mol. The molecule has 21 heavy (non-hydrogen) atoms. The van der Waals surface area contributed by atoms with Crippen LogP contribution in [0, 0.1) is 0 Å². The second-order valence-electron chi connectivity index (χ2n) is 5.60. The highest BCUT2D eigenvalue weighted by Gasteiger charge is 2.25. The molecule has 3 heterocycles. The van der Waals surface area contributed by atoms with E-state index in [1.165, 1.54) is 31.2 Å². The largest absolute Gasteiger partial charge is 0.312 e. The third-order valence-electron chi connectivity index (χ3n) is 4.09. The number of hydrogen-bond donors (Lipinski definition) is 1. The first kappa shape index (κ1) is 14.2. The molecule has 112 valence electrons. The Morgan fingerprint density at radius 1 is 1.19 bits per heavy atom. The molecule has 0 saturated heterocycles. The molecule has 5 nitrogen and oxygen atoms in total. The fourth-order valence-corrected chi connectivity index (χ4v) is 2.94. The number of nitrogens with one attached hydrogen (secondary N) is 1. The van der Waals surface area contributed by atoms with Crippen molar-refractivity contribution >= 4 is 0 Å². The van der Waals surface area contributed by atoms with Gasteiger partial charge in [0.05, 0.1) is 6.04 Å². The van der Waals surface area contributed by atoms with E-state index in [0.29, 0.717) is 0 Å². The molecule has 0 radical (unpaired) electrons. The first-order valence-electron chi connectivity index (χ1n) is 7.95. The van der Waals surface area contributed by atoms with Crippen LogP contribution in [0.15, 0.2) is 24.5 Å². The molecule has 0 aromatic carbocycles. The Morgan fingerprint density at radius 3 is 2.86 bits per heavy atom. The Balaban J connectivity index is 1.76. The summed E-state index contributed by atoms with van der Waals surface area (Å²) in [4.78, 5) is 4.09. The SMILES string of the molecule is CCCCCCc1nnc2n1CCNC2c1ccncc1. The minimum Gasteiger partial charge on any atom is -0.312 e. The topological polar surface area (TPSA) is 55.6 Å². The van der Waals surface area contributed by atoms with Gasteiger partial charge in [-0.05, 0) is 24.1 Å². The summed E-state index contributed by atoms with van der Waals surface area (Å²) in [5, 5.41) is 12.4. The number of aryl methyl sites for hydroxylation is 1. The quantitative estimate of drug-likeness (QED) is 0.829. The number of aromatic nitrogens is 4. The first-order valence-corrected chi connectivity index (χ1v) is 7.95. The molecule has 5 heteroatoms. The lowest BCUT2D eigenvalue weighted by molar-refractivity contribution is 0.445. The maximum Gasteiger partial charge on any atom is 0.154 e. The van der Waals surface area contributed by atoms with Crippen molar-refractivity contribution in [1.29, 1.82) is 0 Å². The summed E-state index contributed by atoms with van der Waals surface area (Å²) in [6.07, 6.45) is 9.77. The highest BCUT2D eigenvalue weighted by atomic mass is 15.3. The van der Waals surface area contributed by atoms with Crippen LogP contribution in [0.5, 0.6) is 0 Å². The van der Waals surface area contributed by atoms with Gasteiger partial charge in [0.25, 0.3) is 0 Å². The summed E-state index contributed by atoms with van der Waals surface area (Å²) in [5.74, 6) is 2.18. The molecule has 2 aromatic rings. The molecule has 1 unspecified atom stereocenters. The third-order valence-corrected chi connectivity index (χ3v) is 4.09. The zero-order chi connectivity index (χ0) is 14.5. The molecule has 0 bridgehead atoms. The first-order chi connectivity index (χ1) is 10.4. The number of nitrogens with zero attached hydrogens (tertiary/aromatic N) is 4. The Labute approximate surface area is 125 Å². The predicted octanol–water partition coefficient (Wildman–Crippen LogP) is 2.49. The van der Waals surface area contributed by atoms with Gasteiger partial charge in [0.1, 0.15) is 5.82 Å². The van der Waals surface area contributed by atoms with Crippen molar-refractivity contribution in [3.63, 3.8) is 0 Å². The van der Waals surface area contributed by atoms with Gasteiger partial charge >= 0.3 is 0 Å². The Bertz CT molecular complexity index is 563. The summed E-state index contributed by atoms with van der Waals surface area (Å²) in [7, 11) is 0. The number of unbranched alkanes of at least 4 members (excludes halogenated alkanes) is 3. The van der Waals surface area contributed by atoms with Crippen molar-refractivity contribution in [2.24, 2.45) is 0 Å².